The van der Waals surface area contributed by atoms with Crippen molar-refractivity contribution in [1.82, 2.24) is 10.1 Å². The maximum Gasteiger partial charge on any atom is 0.269 e. The van der Waals surface area contributed by atoms with Gasteiger partial charge >= 0.3 is 0 Å². The fourth-order valence-corrected chi connectivity index (χ4v) is 3.46. The highest BCUT2D eigenvalue weighted by Gasteiger charge is 2.24. The van der Waals surface area contributed by atoms with Crippen LogP contribution < -0.4 is 4.90 Å². The van der Waals surface area contributed by atoms with Gasteiger partial charge in [0, 0.05) is 35.5 Å². The number of halogens is 1. The van der Waals surface area contributed by atoms with Gasteiger partial charge in [0.1, 0.15) is 5.82 Å². The predicted octanol–water partition coefficient (Wildman–Crippen LogP) is 4.05. The SMILES string of the molecule is Cc1ccc(F)c2c1N(Cc1nc(-c3ccc([N+](=O)[O-])cc3)no1)CCC2. The van der Waals surface area contributed by atoms with Crippen molar-refractivity contribution in [1.29, 1.82) is 0 Å². The number of rotatable bonds is 4. The van der Waals surface area contributed by atoms with Gasteiger partial charge in [0.05, 0.1) is 11.5 Å². The molecule has 0 N–H and O–H groups in total. The first-order valence-electron chi connectivity index (χ1n) is 8.63. The van der Waals surface area contributed by atoms with Gasteiger partial charge in [-0.3, -0.25) is 10.1 Å². The lowest BCUT2D eigenvalue weighted by Crippen LogP contribution is -2.30. The molecule has 0 unspecified atom stereocenters. The van der Waals surface area contributed by atoms with Crippen LogP contribution in [0.1, 0.15) is 23.4 Å². The molecule has 0 radical (unpaired) electrons. The average molecular weight is 368 g/mol. The number of hydrogen-bond donors (Lipinski definition) is 0. The van der Waals surface area contributed by atoms with E-state index in [4.69, 9.17) is 4.52 Å². The molecule has 27 heavy (non-hydrogen) atoms. The molecule has 0 saturated heterocycles. The highest BCUT2D eigenvalue weighted by atomic mass is 19.1. The highest BCUT2D eigenvalue weighted by molar-refractivity contribution is 5.61. The van der Waals surface area contributed by atoms with Gasteiger partial charge in [-0.2, -0.15) is 4.98 Å². The number of nitrogens with zero attached hydrogens (tertiary/aromatic N) is 4. The van der Waals surface area contributed by atoms with Gasteiger partial charge in [-0.15, -0.1) is 0 Å². The monoisotopic (exact) mass is 368 g/mol. The lowest BCUT2D eigenvalue weighted by atomic mass is 9.97. The van der Waals surface area contributed by atoms with Gasteiger partial charge in [-0.1, -0.05) is 11.2 Å². The summed E-state index contributed by atoms with van der Waals surface area (Å²) in [5, 5.41) is 14.7. The average Bonchev–Trinajstić information content (AvgIpc) is 3.13. The van der Waals surface area contributed by atoms with Gasteiger partial charge in [-0.05, 0) is 43.5 Å². The Morgan fingerprint density at radius 1 is 1.26 bits per heavy atom. The van der Waals surface area contributed by atoms with Crippen molar-refractivity contribution in [3.8, 4) is 11.4 Å². The van der Waals surface area contributed by atoms with E-state index in [-0.39, 0.29) is 11.5 Å². The van der Waals surface area contributed by atoms with Crippen molar-refractivity contribution < 1.29 is 13.8 Å². The quantitative estimate of drug-likeness (QED) is 0.510. The molecule has 8 heteroatoms. The van der Waals surface area contributed by atoms with E-state index in [0.29, 0.717) is 23.8 Å². The third-order valence-corrected chi connectivity index (χ3v) is 4.73. The zero-order chi connectivity index (χ0) is 19.0. The Kier molecular flexibility index (Phi) is 4.31. The van der Waals surface area contributed by atoms with Crippen LogP contribution in [0, 0.1) is 22.9 Å². The standard InChI is InChI=1S/C19H17FN4O3/c1-12-4-9-16(20)15-3-2-10-23(18(12)15)11-17-21-19(22-27-17)13-5-7-14(8-6-13)24(25)26/h4-9H,2-3,10-11H2,1H3. The van der Waals surface area contributed by atoms with Gasteiger partial charge < -0.3 is 9.42 Å². The van der Waals surface area contributed by atoms with Crippen molar-refractivity contribution in [2.75, 3.05) is 11.4 Å². The first-order chi connectivity index (χ1) is 13.0. The van der Waals surface area contributed by atoms with Gasteiger partial charge in [0.2, 0.25) is 11.7 Å². The van der Waals surface area contributed by atoms with Crippen molar-refractivity contribution in [3.05, 3.63) is 69.3 Å². The molecule has 0 bridgehead atoms. The van der Waals surface area contributed by atoms with Crippen LogP contribution in [0.4, 0.5) is 15.8 Å². The molecular weight excluding hydrogens is 351 g/mol. The third kappa shape index (κ3) is 3.25. The van der Waals surface area contributed by atoms with E-state index in [0.717, 1.165) is 36.2 Å². The van der Waals surface area contributed by atoms with Crippen LogP contribution in [0.15, 0.2) is 40.9 Å². The van der Waals surface area contributed by atoms with E-state index in [1.54, 1.807) is 18.2 Å². The number of non-ortho nitro benzene ring substituents is 1. The Morgan fingerprint density at radius 2 is 2.04 bits per heavy atom. The molecule has 0 spiro atoms. The second-order valence-electron chi connectivity index (χ2n) is 6.53. The largest absolute Gasteiger partial charge is 0.362 e. The van der Waals surface area contributed by atoms with E-state index in [9.17, 15) is 14.5 Å². The van der Waals surface area contributed by atoms with Crippen molar-refractivity contribution in [2.45, 2.75) is 26.3 Å². The van der Waals surface area contributed by atoms with Crippen LogP contribution in [0.5, 0.6) is 0 Å². The van der Waals surface area contributed by atoms with Gasteiger partial charge in [-0.25, -0.2) is 4.39 Å². The Labute approximate surface area is 154 Å². The Hall–Kier alpha value is -3.29. The van der Waals surface area contributed by atoms with E-state index in [1.807, 2.05) is 6.92 Å². The van der Waals surface area contributed by atoms with Crippen LogP contribution in [0.2, 0.25) is 0 Å². The maximum absolute atomic E-state index is 14.2. The summed E-state index contributed by atoms with van der Waals surface area (Å²) in [6.07, 6.45) is 1.58. The molecule has 1 aliphatic rings. The number of nitro groups is 1. The Bertz CT molecular complexity index is 1000. The second-order valence-corrected chi connectivity index (χ2v) is 6.53. The first-order valence-corrected chi connectivity index (χ1v) is 8.63. The van der Waals surface area contributed by atoms with Crippen LogP contribution in [-0.4, -0.2) is 21.6 Å². The van der Waals surface area contributed by atoms with Crippen LogP contribution in [-0.2, 0) is 13.0 Å². The number of fused-ring (bicyclic) bond motifs is 1. The van der Waals surface area contributed by atoms with Crippen LogP contribution in [0.25, 0.3) is 11.4 Å². The molecule has 0 atom stereocenters. The second kappa shape index (κ2) is 6.79. The van der Waals surface area contributed by atoms with E-state index < -0.39 is 4.92 Å². The van der Waals surface area contributed by atoms with Gasteiger partial charge in [0.15, 0.2) is 0 Å². The summed E-state index contributed by atoms with van der Waals surface area (Å²) in [5.41, 5.74) is 3.29. The summed E-state index contributed by atoms with van der Waals surface area (Å²) in [6, 6.07) is 9.27. The molecule has 3 aromatic rings. The number of nitro benzene ring substituents is 1. The third-order valence-electron chi connectivity index (χ3n) is 4.73. The summed E-state index contributed by atoms with van der Waals surface area (Å²) >= 11 is 0. The number of aryl methyl sites for hydroxylation is 1. The number of hydrogen-bond acceptors (Lipinski definition) is 6. The summed E-state index contributed by atoms with van der Waals surface area (Å²) in [7, 11) is 0. The minimum Gasteiger partial charge on any atom is -0.362 e. The highest BCUT2D eigenvalue weighted by Crippen LogP contribution is 2.33. The molecule has 7 nitrogen and oxygen atoms in total. The fraction of sp³-hybridized carbons (Fsp3) is 0.263. The summed E-state index contributed by atoms with van der Waals surface area (Å²) in [4.78, 5) is 16.7. The van der Waals surface area contributed by atoms with Crippen molar-refractivity contribution in [2.24, 2.45) is 0 Å². The molecule has 1 aliphatic heterocycles. The smallest absolute Gasteiger partial charge is 0.269 e. The zero-order valence-electron chi connectivity index (χ0n) is 14.7. The van der Waals surface area contributed by atoms with Crippen LogP contribution in [0.3, 0.4) is 0 Å². The lowest BCUT2D eigenvalue weighted by Gasteiger charge is -2.31. The molecule has 0 saturated carbocycles. The van der Waals surface area contributed by atoms with Crippen molar-refractivity contribution in [3.63, 3.8) is 0 Å². The Balaban J connectivity index is 1.58. The first kappa shape index (κ1) is 17.1. The van der Waals surface area contributed by atoms with E-state index >= 15 is 0 Å². The topological polar surface area (TPSA) is 85.3 Å². The zero-order valence-corrected chi connectivity index (χ0v) is 14.7. The van der Waals surface area contributed by atoms with Gasteiger partial charge in [0.25, 0.3) is 5.69 Å². The molecule has 4 rings (SSSR count). The van der Waals surface area contributed by atoms with Crippen molar-refractivity contribution >= 4 is 11.4 Å². The Morgan fingerprint density at radius 3 is 2.78 bits per heavy atom. The molecule has 0 amide bonds. The molecule has 2 aromatic carbocycles. The summed E-state index contributed by atoms with van der Waals surface area (Å²) < 4.78 is 19.5. The predicted molar refractivity (Wildman–Crippen MR) is 96.9 cm³/mol. The summed E-state index contributed by atoms with van der Waals surface area (Å²) in [5.74, 6) is 0.602. The molecular formula is C19H17FN4O3. The lowest BCUT2D eigenvalue weighted by molar-refractivity contribution is -0.384. The maximum atomic E-state index is 14.2. The fourth-order valence-electron chi connectivity index (χ4n) is 3.46. The van der Waals surface area contributed by atoms with E-state index in [2.05, 4.69) is 15.0 Å². The molecule has 1 aromatic heterocycles. The number of aromatic nitrogens is 2. The molecule has 138 valence electrons. The molecule has 0 aliphatic carbocycles. The summed E-state index contributed by atoms with van der Waals surface area (Å²) in [6.45, 7) is 3.14. The van der Waals surface area contributed by atoms with E-state index in [1.165, 1.54) is 18.2 Å². The number of benzene rings is 2. The number of anilines is 1. The van der Waals surface area contributed by atoms with Crippen LogP contribution >= 0.6 is 0 Å². The molecule has 2 heterocycles. The normalized spacial score (nSPS) is 13.5. The minimum absolute atomic E-state index is 0.00453. The minimum atomic E-state index is -0.458. The molecule has 0 fully saturated rings.